The standard InChI is InChI=1S/C16H14F3NO3S/c1-20(8-13(21)22)15(24)11-5-3-4-10-9(11)6-7-12(23-2)14(10)16(17,18)19/h3-7H,8H2,1-2H3,(H,21,22)/i1D3. The number of benzene rings is 2. The first-order valence-corrected chi connectivity index (χ1v) is 6.99. The summed E-state index contributed by atoms with van der Waals surface area (Å²) < 4.78 is 67.8. The average Bonchev–Trinajstić information content (AvgIpc) is 2.55. The fraction of sp³-hybridized carbons (Fsp3) is 0.250. The van der Waals surface area contributed by atoms with E-state index in [9.17, 15) is 18.0 Å². The van der Waals surface area contributed by atoms with E-state index in [1.165, 1.54) is 24.3 Å². The summed E-state index contributed by atoms with van der Waals surface area (Å²) in [4.78, 5) is 11.1. The Labute approximate surface area is 145 Å². The van der Waals surface area contributed by atoms with E-state index in [1.807, 2.05) is 0 Å². The monoisotopic (exact) mass is 360 g/mol. The van der Waals surface area contributed by atoms with Crippen molar-refractivity contribution in [2.45, 2.75) is 6.18 Å². The van der Waals surface area contributed by atoms with Crippen molar-refractivity contribution >= 4 is 33.9 Å². The molecule has 0 aromatic heterocycles. The minimum Gasteiger partial charge on any atom is -0.496 e. The number of thiocarbonyl (C=S) groups is 1. The number of rotatable bonds is 4. The van der Waals surface area contributed by atoms with Crippen molar-refractivity contribution in [1.82, 2.24) is 4.90 Å². The molecule has 0 saturated heterocycles. The first-order chi connectivity index (χ1) is 12.4. The second-order valence-corrected chi connectivity index (χ2v) is 5.21. The summed E-state index contributed by atoms with van der Waals surface area (Å²) in [7, 11) is 1.11. The summed E-state index contributed by atoms with van der Waals surface area (Å²) in [5, 5.41) is 8.76. The first kappa shape index (κ1) is 14.0. The smallest absolute Gasteiger partial charge is 0.420 e. The molecule has 2 aromatic rings. The van der Waals surface area contributed by atoms with E-state index in [4.69, 9.17) is 26.2 Å². The summed E-state index contributed by atoms with van der Waals surface area (Å²) in [5.74, 6) is -1.83. The van der Waals surface area contributed by atoms with Gasteiger partial charge in [0.25, 0.3) is 0 Å². The molecule has 0 aliphatic heterocycles. The summed E-state index contributed by atoms with van der Waals surface area (Å²) in [6.45, 7) is -3.80. The van der Waals surface area contributed by atoms with Crippen molar-refractivity contribution < 1.29 is 31.9 Å². The second-order valence-electron chi connectivity index (χ2n) is 4.83. The highest BCUT2D eigenvalue weighted by molar-refractivity contribution is 7.80. The van der Waals surface area contributed by atoms with E-state index >= 15 is 0 Å². The number of carboxylic acids is 1. The van der Waals surface area contributed by atoms with Gasteiger partial charge in [-0.25, -0.2) is 0 Å². The molecule has 8 heteroatoms. The van der Waals surface area contributed by atoms with Gasteiger partial charge in [-0.15, -0.1) is 0 Å². The molecule has 0 aliphatic rings. The number of carbonyl (C=O) groups is 1. The zero-order valence-corrected chi connectivity index (χ0v) is 13.2. The van der Waals surface area contributed by atoms with Gasteiger partial charge in [0, 0.05) is 16.7 Å². The van der Waals surface area contributed by atoms with E-state index in [0.717, 1.165) is 13.2 Å². The van der Waals surface area contributed by atoms with Crippen LogP contribution in [0.4, 0.5) is 13.2 Å². The number of methoxy groups -OCH3 is 1. The van der Waals surface area contributed by atoms with Crippen LogP contribution in [0.25, 0.3) is 10.8 Å². The molecule has 0 aliphatic carbocycles. The molecule has 2 aromatic carbocycles. The van der Waals surface area contributed by atoms with Gasteiger partial charge < -0.3 is 14.7 Å². The molecule has 0 unspecified atom stereocenters. The lowest BCUT2D eigenvalue weighted by Crippen LogP contribution is -2.31. The zero-order valence-electron chi connectivity index (χ0n) is 15.3. The number of nitrogens with zero attached hydrogens (tertiary/aromatic N) is 1. The van der Waals surface area contributed by atoms with Crippen molar-refractivity contribution in [2.75, 3.05) is 20.6 Å². The van der Waals surface area contributed by atoms with Gasteiger partial charge in [-0.1, -0.05) is 30.4 Å². The predicted octanol–water partition coefficient (Wildman–Crippen LogP) is 3.56. The number of aliphatic carboxylic acids is 1. The maximum Gasteiger partial charge on any atom is 0.420 e. The molecule has 128 valence electrons. The van der Waals surface area contributed by atoms with Crippen LogP contribution in [-0.2, 0) is 11.0 Å². The molecule has 0 saturated carbocycles. The van der Waals surface area contributed by atoms with Crippen LogP contribution < -0.4 is 4.74 Å². The first-order valence-electron chi connectivity index (χ1n) is 8.08. The Bertz CT molecular complexity index is 900. The zero-order chi connectivity index (χ0) is 20.6. The fourth-order valence-electron chi connectivity index (χ4n) is 2.34. The molecule has 0 radical (unpaired) electrons. The summed E-state index contributed by atoms with van der Waals surface area (Å²) in [6.07, 6.45) is -4.73. The Kier molecular flexibility index (Phi) is 3.88. The van der Waals surface area contributed by atoms with Crippen LogP contribution in [0.15, 0.2) is 30.3 Å². The molecule has 1 N–H and O–H groups in total. The Morgan fingerprint density at radius 2 is 2.04 bits per heavy atom. The number of likely N-dealkylation sites (N-methyl/N-ethyl adjacent to an activating group) is 1. The molecular formula is C16H14F3NO3S. The van der Waals surface area contributed by atoms with Crippen LogP contribution in [0, 0.1) is 0 Å². The summed E-state index contributed by atoms with van der Waals surface area (Å²) in [6, 6.07) is 6.27. The van der Waals surface area contributed by atoms with Crippen LogP contribution in [0.3, 0.4) is 0 Å². The SMILES string of the molecule is [2H]C([2H])([2H])N(CC(=O)O)C(=S)c1cccc2c(C(F)(F)F)c(OC)ccc12. The molecule has 4 nitrogen and oxygen atoms in total. The molecule has 0 spiro atoms. The Morgan fingerprint density at radius 1 is 1.33 bits per heavy atom. The summed E-state index contributed by atoms with van der Waals surface area (Å²) in [5.41, 5.74) is -1.01. The van der Waals surface area contributed by atoms with Gasteiger partial charge in [-0.3, -0.25) is 4.79 Å². The fourth-order valence-corrected chi connectivity index (χ4v) is 2.58. The van der Waals surface area contributed by atoms with Crippen molar-refractivity contribution in [2.24, 2.45) is 0 Å². The minimum atomic E-state index is -4.73. The third-order valence-corrected chi connectivity index (χ3v) is 3.74. The van der Waals surface area contributed by atoms with Crippen LogP contribution in [0.5, 0.6) is 5.75 Å². The molecule has 0 heterocycles. The van der Waals surface area contributed by atoms with E-state index < -0.39 is 37.0 Å². The Morgan fingerprint density at radius 3 is 2.58 bits per heavy atom. The predicted molar refractivity (Wildman–Crippen MR) is 87.5 cm³/mol. The van der Waals surface area contributed by atoms with Crippen LogP contribution in [0.1, 0.15) is 15.2 Å². The molecule has 0 fully saturated rings. The number of hydrogen-bond donors (Lipinski definition) is 1. The van der Waals surface area contributed by atoms with Gasteiger partial charge in [0.1, 0.15) is 22.8 Å². The number of fused-ring (bicyclic) bond motifs is 1. The lowest BCUT2D eigenvalue weighted by atomic mass is 9.98. The van der Waals surface area contributed by atoms with E-state index in [-0.39, 0.29) is 21.3 Å². The van der Waals surface area contributed by atoms with Crippen molar-refractivity contribution in [3.8, 4) is 5.75 Å². The maximum atomic E-state index is 13.5. The molecule has 0 atom stereocenters. The molecule has 0 amide bonds. The molecule has 24 heavy (non-hydrogen) atoms. The van der Waals surface area contributed by atoms with Crippen molar-refractivity contribution in [1.29, 1.82) is 0 Å². The Hall–Kier alpha value is -2.35. The van der Waals surface area contributed by atoms with Crippen LogP contribution in [0.2, 0.25) is 0 Å². The van der Waals surface area contributed by atoms with Gasteiger partial charge in [0.2, 0.25) is 0 Å². The van der Waals surface area contributed by atoms with Crippen LogP contribution in [-0.4, -0.2) is 41.6 Å². The van der Waals surface area contributed by atoms with E-state index in [1.54, 1.807) is 0 Å². The van der Waals surface area contributed by atoms with Crippen molar-refractivity contribution in [3.63, 3.8) is 0 Å². The summed E-state index contributed by atoms with van der Waals surface area (Å²) >= 11 is 5.12. The number of alkyl halides is 3. The largest absolute Gasteiger partial charge is 0.496 e. The lowest BCUT2D eigenvalue weighted by Gasteiger charge is -2.21. The van der Waals surface area contributed by atoms with Gasteiger partial charge in [0.15, 0.2) is 0 Å². The number of halogens is 3. The highest BCUT2D eigenvalue weighted by atomic mass is 32.1. The van der Waals surface area contributed by atoms with Gasteiger partial charge in [-0.2, -0.15) is 13.2 Å². The highest BCUT2D eigenvalue weighted by Crippen LogP contribution is 2.41. The molecule has 0 bridgehead atoms. The second kappa shape index (κ2) is 6.64. The average molecular weight is 360 g/mol. The lowest BCUT2D eigenvalue weighted by molar-refractivity contribution is -0.138. The molecular weight excluding hydrogens is 343 g/mol. The maximum absolute atomic E-state index is 13.5. The topological polar surface area (TPSA) is 49.8 Å². The highest BCUT2D eigenvalue weighted by Gasteiger charge is 2.36. The number of carboxylic acid groups (broad SMARTS) is 1. The van der Waals surface area contributed by atoms with E-state index in [0.29, 0.717) is 4.90 Å². The number of ether oxygens (including phenoxy) is 1. The van der Waals surface area contributed by atoms with Crippen molar-refractivity contribution in [3.05, 3.63) is 41.5 Å². The van der Waals surface area contributed by atoms with Gasteiger partial charge in [0.05, 0.1) is 7.11 Å². The van der Waals surface area contributed by atoms with Crippen LogP contribution >= 0.6 is 12.2 Å². The third-order valence-electron chi connectivity index (χ3n) is 3.30. The third kappa shape index (κ3) is 3.43. The minimum absolute atomic E-state index is 0.00743. The van der Waals surface area contributed by atoms with Gasteiger partial charge in [-0.05, 0) is 22.9 Å². The van der Waals surface area contributed by atoms with E-state index in [2.05, 4.69) is 0 Å². The normalized spacial score (nSPS) is 13.8. The quantitative estimate of drug-likeness (QED) is 0.845. The van der Waals surface area contributed by atoms with Gasteiger partial charge >= 0.3 is 12.1 Å². The molecule has 2 rings (SSSR count). The Balaban J connectivity index is 2.73. The number of hydrogen-bond acceptors (Lipinski definition) is 3.